The molecule has 4 heteroatoms. The summed E-state index contributed by atoms with van der Waals surface area (Å²) in [5, 5.41) is 2.94. The Kier molecular flexibility index (Phi) is 2.78. The van der Waals surface area contributed by atoms with Crippen molar-refractivity contribution in [3.63, 3.8) is 0 Å². The van der Waals surface area contributed by atoms with Gasteiger partial charge < -0.3 is 9.73 Å². The molecule has 0 aliphatic heterocycles. The smallest absolute Gasteiger partial charge is 0.208 e. The zero-order valence-corrected chi connectivity index (χ0v) is 8.33. The highest BCUT2D eigenvalue weighted by molar-refractivity contribution is 5.55. The Balaban J connectivity index is 2.25. The third kappa shape index (κ3) is 2.22. The minimum atomic E-state index is -0.256. The van der Waals surface area contributed by atoms with E-state index in [1.807, 2.05) is 7.05 Å². The highest BCUT2D eigenvalue weighted by Gasteiger charge is 2.05. The van der Waals surface area contributed by atoms with Crippen LogP contribution in [0.3, 0.4) is 0 Å². The molecule has 78 valence electrons. The summed E-state index contributed by atoms with van der Waals surface area (Å²) in [4.78, 5) is 4.08. The fourth-order valence-electron chi connectivity index (χ4n) is 1.29. The number of aromatic nitrogens is 1. The van der Waals surface area contributed by atoms with Crippen LogP contribution in [0.25, 0.3) is 11.3 Å². The summed E-state index contributed by atoms with van der Waals surface area (Å²) >= 11 is 0. The van der Waals surface area contributed by atoms with E-state index in [2.05, 4.69) is 10.3 Å². The monoisotopic (exact) mass is 206 g/mol. The standard InChI is InChI=1S/C11H11FN2O/c1-13-7-11-14-6-10(15-11)8-2-4-9(12)5-3-8/h2-6,13H,7H2,1H3. The molecule has 0 aliphatic rings. The molecule has 0 amide bonds. The molecule has 0 atom stereocenters. The van der Waals surface area contributed by atoms with Crippen LogP contribution in [-0.4, -0.2) is 12.0 Å². The van der Waals surface area contributed by atoms with Gasteiger partial charge in [0.2, 0.25) is 5.89 Å². The molecule has 1 heterocycles. The van der Waals surface area contributed by atoms with Crippen molar-refractivity contribution in [1.29, 1.82) is 0 Å². The molecular formula is C11H11FN2O. The lowest BCUT2D eigenvalue weighted by Crippen LogP contribution is -2.04. The van der Waals surface area contributed by atoms with Crippen molar-refractivity contribution >= 4 is 0 Å². The molecule has 1 aromatic heterocycles. The van der Waals surface area contributed by atoms with Gasteiger partial charge in [-0.05, 0) is 31.3 Å². The third-order valence-electron chi connectivity index (χ3n) is 2.01. The summed E-state index contributed by atoms with van der Waals surface area (Å²) in [5.41, 5.74) is 0.825. The van der Waals surface area contributed by atoms with E-state index in [0.29, 0.717) is 18.2 Å². The van der Waals surface area contributed by atoms with Crippen LogP contribution in [-0.2, 0) is 6.54 Å². The van der Waals surface area contributed by atoms with Crippen molar-refractivity contribution in [3.8, 4) is 11.3 Å². The van der Waals surface area contributed by atoms with Gasteiger partial charge in [0.25, 0.3) is 0 Å². The molecule has 0 spiro atoms. The van der Waals surface area contributed by atoms with Gasteiger partial charge in [-0.3, -0.25) is 0 Å². The number of hydrogen-bond acceptors (Lipinski definition) is 3. The lowest BCUT2D eigenvalue weighted by atomic mass is 10.2. The second kappa shape index (κ2) is 4.23. The predicted octanol–water partition coefficient (Wildman–Crippen LogP) is 2.20. The van der Waals surface area contributed by atoms with Gasteiger partial charge in [0, 0.05) is 5.56 Å². The van der Waals surface area contributed by atoms with E-state index in [4.69, 9.17) is 4.42 Å². The van der Waals surface area contributed by atoms with Gasteiger partial charge in [-0.25, -0.2) is 9.37 Å². The highest BCUT2D eigenvalue weighted by atomic mass is 19.1. The maximum atomic E-state index is 12.7. The number of halogens is 1. The Bertz CT molecular complexity index is 436. The van der Waals surface area contributed by atoms with E-state index in [0.717, 1.165) is 5.56 Å². The molecule has 1 N–H and O–H groups in total. The Morgan fingerprint density at radius 3 is 2.73 bits per heavy atom. The molecule has 0 unspecified atom stereocenters. The Labute approximate surface area is 86.9 Å². The number of nitrogens with one attached hydrogen (secondary N) is 1. The fourth-order valence-corrected chi connectivity index (χ4v) is 1.29. The predicted molar refractivity (Wildman–Crippen MR) is 54.7 cm³/mol. The van der Waals surface area contributed by atoms with Gasteiger partial charge in [-0.2, -0.15) is 0 Å². The Morgan fingerprint density at radius 2 is 2.07 bits per heavy atom. The molecule has 3 nitrogen and oxygen atoms in total. The second-order valence-corrected chi connectivity index (χ2v) is 3.16. The average Bonchev–Trinajstić information content (AvgIpc) is 2.68. The SMILES string of the molecule is CNCc1ncc(-c2ccc(F)cc2)o1. The van der Waals surface area contributed by atoms with Crippen molar-refractivity contribution in [2.24, 2.45) is 0 Å². The second-order valence-electron chi connectivity index (χ2n) is 3.16. The number of hydrogen-bond donors (Lipinski definition) is 1. The van der Waals surface area contributed by atoms with Gasteiger partial charge in [-0.1, -0.05) is 0 Å². The highest BCUT2D eigenvalue weighted by Crippen LogP contribution is 2.20. The molecule has 0 saturated carbocycles. The van der Waals surface area contributed by atoms with Crippen LogP contribution < -0.4 is 5.32 Å². The number of benzene rings is 1. The van der Waals surface area contributed by atoms with Crippen LogP contribution >= 0.6 is 0 Å². The number of oxazole rings is 1. The van der Waals surface area contributed by atoms with E-state index < -0.39 is 0 Å². The lowest BCUT2D eigenvalue weighted by molar-refractivity contribution is 0.491. The minimum absolute atomic E-state index is 0.256. The summed E-state index contributed by atoms with van der Waals surface area (Å²) in [5.74, 6) is 1.02. The zero-order valence-electron chi connectivity index (χ0n) is 8.33. The summed E-state index contributed by atoms with van der Waals surface area (Å²) in [6, 6.07) is 6.13. The van der Waals surface area contributed by atoms with Crippen molar-refractivity contribution in [1.82, 2.24) is 10.3 Å². The van der Waals surface area contributed by atoms with Gasteiger partial charge in [0.05, 0.1) is 12.7 Å². The first-order valence-corrected chi connectivity index (χ1v) is 4.65. The summed E-state index contributed by atoms with van der Waals surface area (Å²) < 4.78 is 18.1. The molecule has 0 fully saturated rings. The van der Waals surface area contributed by atoms with Crippen LogP contribution in [0.4, 0.5) is 4.39 Å². The molecule has 0 radical (unpaired) electrons. The van der Waals surface area contributed by atoms with E-state index >= 15 is 0 Å². The summed E-state index contributed by atoms with van der Waals surface area (Å²) in [7, 11) is 1.82. The first-order valence-electron chi connectivity index (χ1n) is 4.65. The van der Waals surface area contributed by atoms with E-state index in [-0.39, 0.29) is 5.82 Å². The minimum Gasteiger partial charge on any atom is -0.439 e. The maximum Gasteiger partial charge on any atom is 0.208 e. The molecule has 2 rings (SSSR count). The number of rotatable bonds is 3. The Morgan fingerprint density at radius 1 is 1.33 bits per heavy atom. The van der Waals surface area contributed by atoms with Crippen LogP contribution in [0.2, 0.25) is 0 Å². The van der Waals surface area contributed by atoms with Gasteiger partial charge in [0.1, 0.15) is 5.82 Å². The van der Waals surface area contributed by atoms with Crippen LogP contribution in [0.1, 0.15) is 5.89 Å². The largest absolute Gasteiger partial charge is 0.439 e. The molecular weight excluding hydrogens is 195 g/mol. The number of nitrogens with zero attached hydrogens (tertiary/aromatic N) is 1. The van der Waals surface area contributed by atoms with Crippen LogP contribution in [0.5, 0.6) is 0 Å². The topological polar surface area (TPSA) is 38.1 Å². The quantitative estimate of drug-likeness (QED) is 0.836. The lowest BCUT2D eigenvalue weighted by Gasteiger charge is -1.95. The van der Waals surface area contributed by atoms with E-state index in [1.54, 1.807) is 18.3 Å². The van der Waals surface area contributed by atoms with Crippen molar-refractivity contribution in [3.05, 3.63) is 42.2 Å². The van der Waals surface area contributed by atoms with Gasteiger partial charge in [-0.15, -0.1) is 0 Å². The third-order valence-corrected chi connectivity index (χ3v) is 2.01. The summed E-state index contributed by atoms with van der Waals surface area (Å²) in [6.45, 7) is 0.585. The molecule has 0 saturated heterocycles. The first-order chi connectivity index (χ1) is 7.29. The van der Waals surface area contributed by atoms with Gasteiger partial charge >= 0.3 is 0 Å². The Hall–Kier alpha value is -1.68. The fraction of sp³-hybridized carbons (Fsp3) is 0.182. The summed E-state index contributed by atoms with van der Waals surface area (Å²) in [6.07, 6.45) is 1.64. The van der Waals surface area contributed by atoms with E-state index in [9.17, 15) is 4.39 Å². The van der Waals surface area contributed by atoms with Crippen molar-refractivity contribution in [2.75, 3.05) is 7.05 Å². The molecule has 1 aromatic carbocycles. The maximum absolute atomic E-state index is 12.7. The first kappa shape index (κ1) is 9.86. The van der Waals surface area contributed by atoms with Gasteiger partial charge in [0.15, 0.2) is 5.76 Å². The van der Waals surface area contributed by atoms with E-state index in [1.165, 1.54) is 12.1 Å². The zero-order chi connectivity index (χ0) is 10.7. The molecule has 2 aromatic rings. The molecule has 0 bridgehead atoms. The average molecular weight is 206 g/mol. The molecule has 15 heavy (non-hydrogen) atoms. The van der Waals surface area contributed by atoms with Crippen molar-refractivity contribution < 1.29 is 8.81 Å². The van der Waals surface area contributed by atoms with Crippen LogP contribution in [0, 0.1) is 5.82 Å². The normalized spacial score (nSPS) is 10.5. The van der Waals surface area contributed by atoms with Crippen molar-refractivity contribution in [2.45, 2.75) is 6.54 Å². The molecule has 0 aliphatic carbocycles. The van der Waals surface area contributed by atoms with Crippen LogP contribution in [0.15, 0.2) is 34.9 Å².